The zero-order chi connectivity index (χ0) is 16.9. The minimum absolute atomic E-state index is 0.224. The lowest BCUT2D eigenvalue weighted by Crippen LogP contribution is -2.57. The van der Waals surface area contributed by atoms with Crippen molar-refractivity contribution in [3.8, 4) is 0 Å². The van der Waals surface area contributed by atoms with Crippen molar-refractivity contribution in [2.75, 3.05) is 59.7 Å². The first-order chi connectivity index (χ1) is 10.8. The zero-order valence-electron chi connectivity index (χ0n) is 14.6. The van der Waals surface area contributed by atoms with Crippen LogP contribution in [0.25, 0.3) is 0 Å². The Morgan fingerprint density at radius 3 is 2.61 bits per heavy atom. The van der Waals surface area contributed by atoms with Crippen LogP contribution in [-0.2, 0) is 19.7 Å². The van der Waals surface area contributed by atoms with Gasteiger partial charge in [-0.3, -0.25) is 4.90 Å². The van der Waals surface area contributed by atoms with Crippen LogP contribution in [0.4, 0.5) is 0 Å². The van der Waals surface area contributed by atoms with E-state index in [9.17, 15) is 8.42 Å². The lowest BCUT2D eigenvalue weighted by atomic mass is 10.0. The van der Waals surface area contributed by atoms with E-state index in [2.05, 4.69) is 23.5 Å². The van der Waals surface area contributed by atoms with Crippen LogP contribution in [0.15, 0.2) is 0 Å². The van der Waals surface area contributed by atoms with Gasteiger partial charge in [-0.05, 0) is 32.6 Å². The quantitative estimate of drug-likeness (QED) is 0.715. The van der Waals surface area contributed by atoms with Gasteiger partial charge in [-0.15, -0.1) is 0 Å². The highest BCUT2D eigenvalue weighted by Gasteiger charge is 2.33. The monoisotopic (exact) mass is 349 g/mol. The molecule has 23 heavy (non-hydrogen) atoms. The Morgan fingerprint density at radius 1 is 1.26 bits per heavy atom. The highest BCUT2D eigenvalue weighted by Crippen LogP contribution is 2.20. The summed E-state index contributed by atoms with van der Waals surface area (Å²) in [5.41, 5.74) is -0.224. The number of piperidine rings is 1. The Morgan fingerprint density at radius 2 is 1.96 bits per heavy atom. The smallest absolute Gasteiger partial charge is 0.279 e. The van der Waals surface area contributed by atoms with Crippen LogP contribution >= 0.6 is 0 Å². The largest absolute Gasteiger partial charge is 0.384 e. The molecule has 2 aliphatic rings. The molecule has 1 N–H and O–H groups in total. The average Bonchev–Trinajstić information content (AvgIpc) is 2.55. The van der Waals surface area contributed by atoms with Crippen molar-refractivity contribution < 1.29 is 17.9 Å². The maximum absolute atomic E-state index is 12.6. The molecular formula is C15H31N3O4S. The highest BCUT2D eigenvalue weighted by molar-refractivity contribution is 7.87. The van der Waals surface area contributed by atoms with Gasteiger partial charge in [0.15, 0.2) is 0 Å². The summed E-state index contributed by atoms with van der Waals surface area (Å²) >= 11 is 0. The zero-order valence-corrected chi connectivity index (χ0v) is 15.4. The molecular weight excluding hydrogens is 318 g/mol. The Bertz CT molecular complexity index is 461. The molecule has 7 nitrogen and oxygen atoms in total. The van der Waals surface area contributed by atoms with Gasteiger partial charge in [-0.25, -0.2) is 4.72 Å². The third kappa shape index (κ3) is 5.37. The first-order valence-electron chi connectivity index (χ1n) is 8.41. The van der Waals surface area contributed by atoms with Gasteiger partial charge in [-0.2, -0.15) is 12.7 Å². The molecule has 0 aromatic heterocycles. The fraction of sp³-hybridized carbons (Fsp3) is 1.00. The standard InChI is InChI=1S/C15H31N3O4S/c1-15(2,17-7-9-22-10-8-17)13-16-23(19,20)18-6-4-5-14(11-18)12-21-3/h14,16H,4-13H2,1-3H3. The molecule has 0 bridgehead atoms. The summed E-state index contributed by atoms with van der Waals surface area (Å²) in [6.07, 6.45) is 1.92. The number of hydrogen-bond acceptors (Lipinski definition) is 5. The number of methoxy groups -OCH3 is 1. The Labute approximate surface area is 140 Å². The van der Waals surface area contributed by atoms with Crippen molar-refractivity contribution in [1.29, 1.82) is 0 Å². The van der Waals surface area contributed by atoms with E-state index in [1.807, 2.05) is 0 Å². The normalized spacial score (nSPS) is 25.6. The maximum atomic E-state index is 12.6. The topological polar surface area (TPSA) is 71.1 Å². The Balaban J connectivity index is 1.89. The fourth-order valence-electron chi connectivity index (χ4n) is 3.26. The van der Waals surface area contributed by atoms with Crippen molar-refractivity contribution in [1.82, 2.24) is 13.9 Å². The molecule has 136 valence electrons. The van der Waals surface area contributed by atoms with E-state index in [1.54, 1.807) is 11.4 Å². The third-order valence-corrected chi connectivity index (χ3v) is 6.30. The van der Waals surface area contributed by atoms with E-state index in [1.165, 1.54) is 0 Å². The summed E-state index contributed by atoms with van der Waals surface area (Å²) < 4.78 is 40.1. The van der Waals surface area contributed by atoms with Crippen LogP contribution in [0, 0.1) is 5.92 Å². The molecule has 8 heteroatoms. The molecule has 0 saturated carbocycles. The summed E-state index contributed by atoms with van der Waals surface area (Å²) in [5.74, 6) is 0.289. The fourth-order valence-corrected chi connectivity index (χ4v) is 4.75. The second-order valence-electron chi connectivity index (χ2n) is 7.06. The van der Waals surface area contributed by atoms with Crippen LogP contribution in [0.5, 0.6) is 0 Å². The number of nitrogens with zero attached hydrogens (tertiary/aromatic N) is 2. The molecule has 2 saturated heterocycles. The highest BCUT2D eigenvalue weighted by atomic mass is 32.2. The Kier molecular flexibility index (Phi) is 6.82. The van der Waals surface area contributed by atoms with Crippen molar-refractivity contribution in [2.45, 2.75) is 32.2 Å². The number of nitrogens with one attached hydrogen (secondary N) is 1. The van der Waals surface area contributed by atoms with Crippen LogP contribution in [-0.4, -0.2) is 82.8 Å². The third-order valence-electron chi connectivity index (χ3n) is 4.78. The van der Waals surface area contributed by atoms with Crippen LogP contribution in [0.2, 0.25) is 0 Å². The van der Waals surface area contributed by atoms with Crippen LogP contribution in [0.3, 0.4) is 0 Å². The van der Waals surface area contributed by atoms with E-state index in [0.717, 1.165) is 25.9 Å². The van der Waals surface area contributed by atoms with Crippen LogP contribution in [0.1, 0.15) is 26.7 Å². The summed E-state index contributed by atoms with van der Waals surface area (Å²) in [6, 6.07) is 0. The van der Waals surface area contributed by atoms with Gasteiger partial charge in [0.25, 0.3) is 10.2 Å². The Hall–Kier alpha value is -0.250. The van der Waals surface area contributed by atoms with E-state index in [4.69, 9.17) is 9.47 Å². The molecule has 0 amide bonds. The molecule has 2 aliphatic heterocycles. The van der Waals surface area contributed by atoms with Crippen molar-refractivity contribution in [2.24, 2.45) is 5.92 Å². The minimum atomic E-state index is -3.44. The predicted molar refractivity (Wildman–Crippen MR) is 89.6 cm³/mol. The first-order valence-corrected chi connectivity index (χ1v) is 9.85. The van der Waals surface area contributed by atoms with Crippen molar-refractivity contribution in [3.05, 3.63) is 0 Å². The van der Waals surface area contributed by atoms with Crippen LogP contribution < -0.4 is 4.72 Å². The van der Waals surface area contributed by atoms with Gasteiger partial charge < -0.3 is 9.47 Å². The van der Waals surface area contributed by atoms with Crippen molar-refractivity contribution in [3.63, 3.8) is 0 Å². The molecule has 2 heterocycles. The maximum Gasteiger partial charge on any atom is 0.279 e. The second-order valence-corrected chi connectivity index (χ2v) is 8.81. The van der Waals surface area contributed by atoms with Gasteiger partial charge in [-0.1, -0.05) is 0 Å². The summed E-state index contributed by atoms with van der Waals surface area (Å²) in [4.78, 5) is 2.28. The molecule has 0 aromatic rings. The van der Waals surface area contributed by atoms with Gasteiger partial charge in [0.1, 0.15) is 0 Å². The minimum Gasteiger partial charge on any atom is -0.384 e. The molecule has 0 aromatic carbocycles. The van der Waals surface area contributed by atoms with E-state index < -0.39 is 10.2 Å². The molecule has 2 fully saturated rings. The molecule has 1 unspecified atom stereocenters. The lowest BCUT2D eigenvalue weighted by molar-refractivity contribution is -0.00816. The average molecular weight is 349 g/mol. The van der Waals surface area contributed by atoms with Gasteiger partial charge in [0.2, 0.25) is 0 Å². The van der Waals surface area contributed by atoms with Gasteiger partial charge >= 0.3 is 0 Å². The summed E-state index contributed by atoms with van der Waals surface area (Å²) in [6.45, 7) is 9.40. The second kappa shape index (κ2) is 8.22. The van der Waals surface area contributed by atoms with Gasteiger partial charge in [0.05, 0.1) is 19.8 Å². The number of rotatable bonds is 7. The summed E-state index contributed by atoms with van der Waals surface area (Å²) in [5, 5.41) is 0. The van der Waals surface area contributed by atoms with E-state index in [-0.39, 0.29) is 11.5 Å². The van der Waals surface area contributed by atoms with Gasteiger partial charge in [0, 0.05) is 45.4 Å². The SMILES string of the molecule is COCC1CCCN(S(=O)(=O)NCC(C)(C)N2CCOCC2)C1. The molecule has 0 aliphatic carbocycles. The number of morpholine rings is 1. The predicted octanol–water partition coefficient (Wildman–Crippen LogP) is 0.290. The number of hydrogen-bond donors (Lipinski definition) is 1. The number of ether oxygens (including phenoxy) is 2. The molecule has 1 atom stereocenters. The molecule has 0 spiro atoms. The summed E-state index contributed by atoms with van der Waals surface area (Å²) in [7, 11) is -1.77. The molecule has 0 radical (unpaired) electrons. The van der Waals surface area contributed by atoms with Crippen molar-refractivity contribution >= 4 is 10.2 Å². The molecule has 2 rings (SSSR count). The van der Waals surface area contributed by atoms with E-state index >= 15 is 0 Å². The van der Waals surface area contributed by atoms with E-state index in [0.29, 0.717) is 39.5 Å². The first kappa shape index (κ1) is 19.1. The lowest BCUT2D eigenvalue weighted by Gasteiger charge is -2.41.